The van der Waals surface area contributed by atoms with Crippen LogP contribution in [0.1, 0.15) is 22.3 Å². The summed E-state index contributed by atoms with van der Waals surface area (Å²) in [6, 6.07) is 44.2. The van der Waals surface area contributed by atoms with Crippen LogP contribution >= 0.6 is 0 Å². The standard InChI is InChI=1S/C41H31N3O/c45-38-17-4-3-13-35(38)40-43-39-34(27-11-7-12-28(21-27)36-15-5-6-20-42-36)14-8-16-37(39)44(40)33-19-18-31-25-41(26-32(31)22-33)23-29-9-1-2-10-30(29)24-41/h1-22,45H,23-26H2. The van der Waals surface area contributed by atoms with Crippen molar-refractivity contribution in [2.24, 2.45) is 5.41 Å². The largest absolute Gasteiger partial charge is 0.507 e. The zero-order valence-corrected chi connectivity index (χ0v) is 24.8. The summed E-state index contributed by atoms with van der Waals surface area (Å²) in [5, 5.41) is 11.0. The zero-order chi connectivity index (χ0) is 30.0. The molecule has 2 aliphatic rings. The Morgan fingerprint density at radius 1 is 0.578 bits per heavy atom. The molecule has 5 aromatic carbocycles. The van der Waals surface area contributed by atoms with Gasteiger partial charge in [-0.1, -0.05) is 78.9 Å². The Hall–Kier alpha value is -5.48. The molecular formula is C41H31N3O. The topological polar surface area (TPSA) is 50.9 Å². The summed E-state index contributed by atoms with van der Waals surface area (Å²) in [5.41, 5.74) is 14.0. The lowest BCUT2D eigenvalue weighted by molar-refractivity contribution is 0.326. The van der Waals surface area contributed by atoms with E-state index >= 15 is 0 Å². The summed E-state index contributed by atoms with van der Waals surface area (Å²) in [5.74, 6) is 0.953. The molecule has 0 amide bonds. The fraction of sp³-hybridized carbons (Fsp3) is 0.122. The molecule has 2 aliphatic carbocycles. The van der Waals surface area contributed by atoms with Gasteiger partial charge in [0.15, 0.2) is 0 Å². The van der Waals surface area contributed by atoms with E-state index in [2.05, 4.69) is 94.5 Å². The van der Waals surface area contributed by atoms with Gasteiger partial charge in [-0.2, -0.15) is 0 Å². The minimum Gasteiger partial charge on any atom is -0.507 e. The molecule has 2 aromatic heterocycles. The monoisotopic (exact) mass is 581 g/mol. The summed E-state index contributed by atoms with van der Waals surface area (Å²) in [6.45, 7) is 0. The predicted octanol–water partition coefficient (Wildman–Crippen LogP) is 9.01. The molecule has 1 N–H and O–H groups in total. The van der Waals surface area contributed by atoms with Crippen LogP contribution in [0.5, 0.6) is 5.75 Å². The molecule has 2 heterocycles. The molecule has 0 saturated heterocycles. The average Bonchev–Trinajstić information content (AvgIpc) is 3.76. The highest BCUT2D eigenvalue weighted by Crippen LogP contribution is 2.48. The number of para-hydroxylation sites is 2. The molecule has 9 rings (SSSR count). The van der Waals surface area contributed by atoms with Crippen LogP contribution in [-0.2, 0) is 25.7 Å². The number of benzene rings is 5. The fourth-order valence-corrected chi connectivity index (χ4v) is 7.80. The molecule has 0 aliphatic heterocycles. The van der Waals surface area contributed by atoms with Crippen LogP contribution in [0, 0.1) is 5.41 Å². The van der Waals surface area contributed by atoms with Gasteiger partial charge in [0.05, 0.1) is 22.3 Å². The normalized spacial score (nSPS) is 14.6. The molecule has 0 unspecified atom stereocenters. The van der Waals surface area contributed by atoms with Crippen LogP contribution in [-0.4, -0.2) is 19.6 Å². The van der Waals surface area contributed by atoms with E-state index in [1.807, 2.05) is 42.6 Å². The van der Waals surface area contributed by atoms with Gasteiger partial charge in [-0.25, -0.2) is 4.98 Å². The van der Waals surface area contributed by atoms with Crippen LogP contribution in [0.15, 0.2) is 134 Å². The molecule has 45 heavy (non-hydrogen) atoms. The molecule has 7 aromatic rings. The minimum absolute atomic E-state index is 0.219. The second-order valence-corrected chi connectivity index (χ2v) is 12.7. The summed E-state index contributed by atoms with van der Waals surface area (Å²) in [7, 11) is 0. The molecule has 0 bridgehead atoms. The van der Waals surface area contributed by atoms with Crippen molar-refractivity contribution in [1.29, 1.82) is 0 Å². The van der Waals surface area contributed by atoms with Gasteiger partial charge < -0.3 is 5.11 Å². The maximum Gasteiger partial charge on any atom is 0.149 e. The van der Waals surface area contributed by atoms with E-state index in [4.69, 9.17) is 4.98 Å². The predicted molar refractivity (Wildman–Crippen MR) is 181 cm³/mol. The summed E-state index contributed by atoms with van der Waals surface area (Å²) < 4.78 is 2.23. The third kappa shape index (κ3) is 4.28. The third-order valence-corrected chi connectivity index (χ3v) is 9.79. The van der Waals surface area contributed by atoms with Crippen molar-refractivity contribution in [1.82, 2.24) is 14.5 Å². The maximum atomic E-state index is 11.0. The number of hydrogen-bond donors (Lipinski definition) is 1. The van der Waals surface area contributed by atoms with Crippen molar-refractivity contribution in [3.05, 3.63) is 156 Å². The molecule has 4 heteroatoms. The SMILES string of the molecule is Oc1ccccc1-c1nc2c(-c3cccc(-c4ccccn4)c3)cccc2n1-c1ccc2c(c1)CC1(Cc3ccccc3C1)C2. The quantitative estimate of drug-likeness (QED) is 0.226. The van der Waals surface area contributed by atoms with Gasteiger partial charge in [0, 0.05) is 23.0 Å². The second-order valence-electron chi connectivity index (χ2n) is 12.7. The number of aromatic hydroxyl groups is 1. The van der Waals surface area contributed by atoms with Crippen LogP contribution < -0.4 is 0 Å². The van der Waals surface area contributed by atoms with Gasteiger partial charge in [0.1, 0.15) is 11.6 Å². The van der Waals surface area contributed by atoms with Gasteiger partial charge in [-0.05, 0) is 107 Å². The van der Waals surface area contributed by atoms with Gasteiger partial charge in [-0.3, -0.25) is 9.55 Å². The van der Waals surface area contributed by atoms with Gasteiger partial charge in [-0.15, -0.1) is 0 Å². The highest BCUT2D eigenvalue weighted by molar-refractivity contribution is 5.96. The van der Waals surface area contributed by atoms with Gasteiger partial charge in [0.2, 0.25) is 0 Å². The van der Waals surface area contributed by atoms with E-state index in [0.717, 1.165) is 70.6 Å². The molecule has 216 valence electrons. The van der Waals surface area contributed by atoms with Crippen LogP contribution in [0.2, 0.25) is 0 Å². The van der Waals surface area contributed by atoms with Crippen molar-refractivity contribution < 1.29 is 5.11 Å². The number of fused-ring (bicyclic) bond motifs is 3. The lowest BCUT2D eigenvalue weighted by atomic mass is 9.82. The maximum absolute atomic E-state index is 11.0. The van der Waals surface area contributed by atoms with E-state index in [9.17, 15) is 5.11 Å². The van der Waals surface area contributed by atoms with Gasteiger partial charge in [0.25, 0.3) is 0 Å². The summed E-state index contributed by atoms with van der Waals surface area (Å²) >= 11 is 0. The van der Waals surface area contributed by atoms with Crippen molar-refractivity contribution in [2.45, 2.75) is 25.7 Å². The lowest BCUT2D eigenvalue weighted by Gasteiger charge is -2.21. The number of aromatic nitrogens is 3. The van der Waals surface area contributed by atoms with Crippen molar-refractivity contribution in [3.63, 3.8) is 0 Å². The Morgan fingerprint density at radius 2 is 1.27 bits per heavy atom. The number of phenolic OH excluding ortho intramolecular Hbond substituents is 1. The third-order valence-electron chi connectivity index (χ3n) is 9.79. The van der Waals surface area contributed by atoms with E-state index in [1.54, 1.807) is 6.07 Å². The Kier molecular flexibility index (Phi) is 5.79. The Morgan fingerprint density at radius 3 is 2.07 bits per heavy atom. The number of hydrogen-bond acceptors (Lipinski definition) is 3. The first-order valence-corrected chi connectivity index (χ1v) is 15.6. The fourth-order valence-electron chi connectivity index (χ4n) is 7.80. The lowest BCUT2D eigenvalue weighted by Crippen LogP contribution is -2.21. The first kappa shape index (κ1) is 26.0. The van der Waals surface area contributed by atoms with E-state index in [1.165, 1.54) is 22.3 Å². The molecular weight excluding hydrogens is 550 g/mol. The van der Waals surface area contributed by atoms with E-state index in [-0.39, 0.29) is 11.2 Å². The van der Waals surface area contributed by atoms with Crippen molar-refractivity contribution in [2.75, 3.05) is 0 Å². The number of pyridine rings is 1. The minimum atomic E-state index is 0.219. The Labute approximate surface area is 262 Å². The number of phenols is 1. The first-order valence-electron chi connectivity index (χ1n) is 15.6. The molecule has 0 atom stereocenters. The van der Waals surface area contributed by atoms with Crippen molar-refractivity contribution >= 4 is 11.0 Å². The highest BCUT2D eigenvalue weighted by Gasteiger charge is 2.42. The van der Waals surface area contributed by atoms with E-state index in [0.29, 0.717) is 5.56 Å². The first-order chi connectivity index (χ1) is 22.1. The highest BCUT2D eigenvalue weighted by atomic mass is 16.3. The molecule has 1 spiro atoms. The number of imidazole rings is 1. The molecule has 0 radical (unpaired) electrons. The van der Waals surface area contributed by atoms with E-state index < -0.39 is 0 Å². The van der Waals surface area contributed by atoms with Gasteiger partial charge >= 0.3 is 0 Å². The molecule has 0 saturated carbocycles. The van der Waals surface area contributed by atoms with Crippen LogP contribution in [0.4, 0.5) is 0 Å². The zero-order valence-electron chi connectivity index (χ0n) is 24.8. The average molecular weight is 582 g/mol. The second kappa shape index (κ2) is 10.0. The summed E-state index contributed by atoms with van der Waals surface area (Å²) in [6.07, 6.45) is 6.31. The smallest absolute Gasteiger partial charge is 0.149 e. The number of nitrogens with zero attached hydrogens (tertiary/aromatic N) is 3. The molecule has 0 fully saturated rings. The van der Waals surface area contributed by atoms with Crippen molar-refractivity contribution in [3.8, 4) is 45.2 Å². The Bertz CT molecular complexity index is 2220. The summed E-state index contributed by atoms with van der Waals surface area (Å²) in [4.78, 5) is 9.85. The molecule has 4 nitrogen and oxygen atoms in total. The number of rotatable bonds is 4. The Balaban J connectivity index is 1.19. The van der Waals surface area contributed by atoms with Crippen LogP contribution in [0.3, 0.4) is 0 Å². The van der Waals surface area contributed by atoms with Crippen LogP contribution in [0.25, 0.3) is 50.5 Å².